The van der Waals surface area contributed by atoms with Gasteiger partial charge in [0, 0.05) is 6.20 Å². The molecule has 0 saturated carbocycles. The first-order valence-electron chi connectivity index (χ1n) is 9.19. The number of imidazole rings is 1. The van der Waals surface area contributed by atoms with E-state index < -0.39 is 0 Å². The van der Waals surface area contributed by atoms with E-state index in [1.165, 1.54) is 4.90 Å². The maximum Gasteiger partial charge on any atom is 0.240 e. The summed E-state index contributed by atoms with van der Waals surface area (Å²) < 4.78 is 1.94. The Balaban J connectivity index is 1.79. The van der Waals surface area contributed by atoms with Crippen LogP contribution in [-0.2, 0) is 11.3 Å². The molecule has 0 aliphatic rings. The van der Waals surface area contributed by atoms with E-state index in [-0.39, 0.29) is 12.5 Å². The van der Waals surface area contributed by atoms with Gasteiger partial charge in [-0.1, -0.05) is 18.2 Å². The quantitative estimate of drug-likeness (QED) is 0.639. The van der Waals surface area contributed by atoms with E-state index in [9.17, 15) is 4.79 Å². The van der Waals surface area contributed by atoms with E-state index in [0.29, 0.717) is 6.54 Å². The number of amides is 1. The molecule has 0 bridgehead atoms. The molecule has 0 fully saturated rings. The van der Waals surface area contributed by atoms with Gasteiger partial charge in [-0.05, 0) is 38.1 Å². The normalized spacial score (nSPS) is 11.2. The summed E-state index contributed by atoms with van der Waals surface area (Å²) in [4.78, 5) is 23.1. The van der Waals surface area contributed by atoms with Crippen molar-refractivity contribution in [3.05, 3.63) is 48.7 Å². The fourth-order valence-electron chi connectivity index (χ4n) is 3.11. The number of para-hydroxylation sites is 2. The Hall–Kier alpha value is -2.73. The topological polar surface area (TPSA) is 64.2 Å². The average Bonchev–Trinajstić information content (AvgIpc) is 3.04. The van der Waals surface area contributed by atoms with Crippen LogP contribution in [0.15, 0.2) is 48.7 Å². The summed E-state index contributed by atoms with van der Waals surface area (Å²) in [6, 6.07) is 13.6. The van der Waals surface area contributed by atoms with Gasteiger partial charge >= 0.3 is 0 Å². The maximum atomic E-state index is 12.5. The summed E-state index contributed by atoms with van der Waals surface area (Å²) in [6.45, 7) is 8.33. The molecule has 0 aliphatic carbocycles. The molecule has 1 amide bonds. The Labute approximate surface area is 153 Å². The van der Waals surface area contributed by atoms with Gasteiger partial charge in [0.2, 0.25) is 5.91 Å². The maximum absolute atomic E-state index is 12.5. The zero-order valence-corrected chi connectivity index (χ0v) is 15.4. The SMILES string of the molecule is CC[NH+](CC)CCNC(=O)Cn1c(-c2ccccn2)nc2ccccc21. The second kappa shape index (κ2) is 8.58. The van der Waals surface area contributed by atoms with Crippen molar-refractivity contribution in [3.63, 3.8) is 0 Å². The van der Waals surface area contributed by atoms with E-state index >= 15 is 0 Å². The molecule has 6 nitrogen and oxygen atoms in total. The van der Waals surface area contributed by atoms with E-state index in [1.807, 2.05) is 47.0 Å². The first kappa shape index (κ1) is 18.1. The molecule has 3 rings (SSSR count). The number of hydrogen-bond donors (Lipinski definition) is 2. The van der Waals surface area contributed by atoms with Crippen LogP contribution < -0.4 is 10.2 Å². The van der Waals surface area contributed by atoms with Gasteiger partial charge in [-0.15, -0.1) is 0 Å². The predicted molar refractivity (Wildman–Crippen MR) is 103 cm³/mol. The molecule has 6 heteroatoms. The Morgan fingerprint density at radius 3 is 2.62 bits per heavy atom. The summed E-state index contributed by atoms with van der Waals surface area (Å²) in [6.07, 6.45) is 1.74. The standard InChI is InChI=1S/C20H25N5O/c1-3-24(4-2)14-13-22-19(26)15-25-18-11-6-5-9-16(18)23-20(25)17-10-7-8-12-21-17/h5-12H,3-4,13-15H2,1-2H3,(H,22,26)/p+1. The number of fused-ring (bicyclic) bond motifs is 1. The number of likely N-dealkylation sites (N-methyl/N-ethyl adjacent to an activating group) is 1. The van der Waals surface area contributed by atoms with Gasteiger partial charge in [0.15, 0.2) is 5.82 Å². The minimum Gasteiger partial charge on any atom is -0.349 e. The Bertz CT molecular complexity index is 855. The lowest BCUT2D eigenvalue weighted by atomic mass is 10.3. The number of quaternary nitrogens is 1. The van der Waals surface area contributed by atoms with Crippen molar-refractivity contribution in [2.45, 2.75) is 20.4 Å². The number of benzene rings is 1. The van der Waals surface area contributed by atoms with Crippen LogP contribution in [0.2, 0.25) is 0 Å². The third-order valence-corrected chi connectivity index (χ3v) is 4.65. The van der Waals surface area contributed by atoms with Crippen LogP contribution in [0.4, 0.5) is 0 Å². The number of aromatic nitrogens is 3. The van der Waals surface area contributed by atoms with Gasteiger partial charge in [0.25, 0.3) is 0 Å². The van der Waals surface area contributed by atoms with Crippen LogP contribution in [0.3, 0.4) is 0 Å². The third-order valence-electron chi connectivity index (χ3n) is 4.65. The highest BCUT2D eigenvalue weighted by Gasteiger charge is 2.16. The molecule has 3 aromatic rings. The van der Waals surface area contributed by atoms with Crippen molar-refractivity contribution in [2.75, 3.05) is 26.2 Å². The second-order valence-electron chi connectivity index (χ2n) is 6.28. The number of carbonyl (C=O) groups is 1. The van der Waals surface area contributed by atoms with Crippen molar-refractivity contribution in [3.8, 4) is 11.5 Å². The van der Waals surface area contributed by atoms with Crippen LogP contribution >= 0.6 is 0 Å². The fourth-order valence-corrected chi connectivity index (χ4v) is 3.11. The number of rotatable bonds is 8. The Morgan fingerprint density at radius 1 is 1.12 bits per heavy atom. The molecule has 0 spiro atoms. The van der Waals surface area contributed by atoms with E-state index in [1.54, 1.807) is 6.20 Å². The molecule has 0 aliphatic heterocycles. The van der Waals surface area contributed by atoms with Gasteiger partial charge < -0.3 is 14.8 Å². The number of nitrogens with zero attached hydrogens (tertiary/aromatic N) is 3. The molecular formula is C20H26N5O+. The smallest absolute Gasteiger partial charge is 0.240 e. The fraction of sp³-hybridized carbons (Fsp3) is 0.350. The third kappa shape index (κ3) is 4.08. The molecule has 26 heavy (non-hydrogen) atoms. The molecule has 0 unspecified atom stereocenters. The first-order valence-corrected chi connectivity index (χ1v) is 9.19. The number of carbonyl (C=O) groups excluding carboxylic acids is 1. The Morgan fingerprint density at radius 2 is 1.88 bits per heavy atom. The summed E-state index contributed by atoms with van der Waals surface area (Å²) in [5.74, 6) is 0.716. The number of hydrogen-bond acceptors (Lipinski definition) is 3. The molecule has 2 N–H and O–H groups in total. The molecular weight excluding hydrogens is 326 g/mol. The van der Waals surface area contributed by atoms with Crippen LogP contribution in [0.25, 0.3) is 22.6 Å². The second-order valence-corrected chi connectivity index (χ2v) is 6.28. The zero-order valence-electron chi connectivity index (χ0n) is 15.4. The predicted octanol–water partition coefficient (Wildman–Crippen LogP) is 1.14. The molecule has 0 atom stereocenters. The van der Waals surface area contributed by atoms with Crippen molar-refractivity contribution < 1.29 is 9.69 Å². The van der Waals surface area contributed by atoms with Crippen LogP contribution in [-0.4, -0.2) is 46.6 Å². The van der Waals surface area contributed by atoms with Crippen molar-refractivity contribution in [1.29, 1.82) is 0 Å². The number of nitrogens with one attached hydrogen (secondary N) is 2. The van der Waals surface area contributed by atoms with Gasteiger partial charge in [-0.3, -0.25) is 9.78 Å². The minimum absolute atomic E-state index is 0.00288. The lowest BCUT2D eigenvalue weighted by molar-refractivity contribution is -0.895. The van der Waals surface area contributed by atoms with Crippen molar-refractivity contribution in [1.82, 2.24) is 19.9 Å². The highest BCUT2D eigenvalue weighted by Crippen LogP contribution is 2.23. The van der Waals surface area contributed by atoms with E-state index in [0.717, 1.165) is 42.2 Å². The van der Waals surface area contributed by atoms with Crippen molar-refractivity contribution >= 4 is 16.9 Å². The summed E-state index contributed by atoms with van der Waals surface area (Å²) in [7, 11) is 0. The first-order chi connectivity index (χ1) is 12.7. The summed E-state index contributed by atoms with van der Waals surface area (Å²) in [5.41, 5.74) is 2.58. The monoisotopic (exact) mass is 352 g/mol. The number of pyridine rings is 1. The van der Waals surface area contributed by atoms with E-state index in [2.05, 4.69) is 29.1 Å². The Kier molecular flexibility index (Phi) is 5.96. The molecule has 2 aromatic heterocycles. The summed E-state index contributed by atoms with van der Waals surface area (Å²) >= 11 is 0. The highest BCUT2D eigenvalue weighted by molar-refractivity contribution is 5.84. The lowest BCUT2D eigenvalue weighted by Crippen LogP contribution is -3.12. The van der Waals surface area contributed by atoms with E-state index in [4.69, 9.17) is 0 Å². The molecule has 1 aromatic carbocycles. The molecule has 0 radical (unpaired) electrons. The van der Waals surface area contributed by atoms with Crippen LogP contribution in [0, 0.1) is 0 Å². The lowest BCUT2D eigenvalue weighted by Gasteiger charge is -2.16. The minimum atomic E-state index is -0.00288. The molecule has 2 heterocycles. The molecule has 0 saturated heterocycles. The van der Waals surface area contributed by atoms with Crippen LogP contribution in [0.5, 0.6) is 0 Å². The highest BCUT2D eigenvalue weighted by atomic mass is 16.1. The van der Waals surface area contributed by atoms with Gasteiger partial charge in [0.05, 0.1) is 37.2 Å². The average molecular weight is 352 g/mol. The van der Waals surface area contributed by atoms with Crippen LogP contribution in [0.1, 0.15) is 13.8 Å². The zero-order chi connectivity index (χ0) is 18.4. The van der Waals surface area contributed by atoms with Gasteiger partial charge in [-0.2, -0.15) is 0 Å². The van der Waals surface area contributed by atoms with Gasteiger partial charge in [-0.25, -0.2) is 4.98 Å². The van der Waals surface area contributed by atoms with Gasteiger partial charge in [0.1, 0.15) is 12.2 Å². The van der Waals surface area contributed by atoms with Crippen molar-refractivity contribution in [2.24, 2.45) is 0 Å². The summed E-state index contributed by atoms with van der Waals surface area (Å²) in [5, 5.41) is 3.03. The largest absolute Gasteiger partial charge is 0.349 e. The molecule has 136 valence electrons.